The van der Waals surface area contributed by atoms with Crippen molar-refractivity contribution in [2.45, 2.75) is 84.3 Å². The number of hydrogen-bond donors (Lipinski definition) is 0. The van der Waals surface area contributed by atoms with E-state index >= 15 is 0 Å². The Morgan fingerprint density at radius 3 is 2.20 bits per heavy atom. The quantitative estimate of drug-likeness (QED) is 0.173. The third kappa shape index (κ3) is 5.52. The summed E-state index contributed by atoms with van der Waals surface area (Å²) in [5.74, 6) is 3.46. The van der Waals surface area contributed by atoms with Gasteiger partial charge in [0.1, 0.15) is 23.4 Å². The average Bonchev–Trinajstić information content (AvgIpc) is 3.75. The first-order valence-electron chi connectivity index (χ1n) is 19.2. The Hall–Kier alpha value is -5.68. The smallest absolute Gasteiger partial charge is 0.217 e. The second-order valence-electron chi connectivity index (χ2n) is 16.9. The first-order valence-corrected chi connectivity index (χ1v) is 19.2. The van der Waals surface area contributed by atoms with Crippen LogP contribution in [0.4, 0.5) is 0 Å². The molecule has 5 heteroatoms. The van der Waals surface area contributed by atoms with Crippen molar-refractivity contribution in [3.05, 3.63) is 166 Å². The van der Waals surface area contributed by atoms with Gasteiger partial charge in [-0.15, -0.1) is 0 Å². The zero-order chi connectivity index (χ0) is 37.5. The highest BCUT2D eigenvalue weighted by Gasteiger charge is 2.38. The van der Waals surface area contributed by atoms with Crippen molar-refractivity contribution in [1.29, 1.82) is 0 Å². The zero-order valence-corrected chi connectivity index (χ0v) is 32.4. The van der Waals surface area contributed by atoms with Crippen molar-refractivity contribution in [3.8, 4) is 17.3 Å². The predicted octanol–water partition coefficient (Wildman–Crippen LogP) is 12.6. The van der Waals surface area contributed by atoms with Crippen LogP contribution in [0.15, 0.2) is 126 Å². The minimum absolute atomic E-state index is 0.00278. The lowest BCUT2D eigenvalue weighted by atomic mass is 9.73. The molecule has 2 atom stereocenters. The van der Waals surface area contributed by atoms with Gasteiger partial charge in [0.05, 0.1) is 11.0 Å². The highest BCUT2D eigenvalue weighted by atomic mass is 16.5. The monoisotopic (exact) mass is 709 g/mol. The SMILES string of the molecule is Cc1cc2c3cc(C(C)(C)C)cc4c3n(c2cc1Oc1cc(C2=N[C@H](c3ccccc3)[C@@H](c3ccccc3)O2)cc(C(C)C)c1)-c1ncccc1C4(C)C. The van der Waals surface area contributed by atoms with Crippen LogP contribution in [0.3, 0.4) is 0 Å². The number of fused-ring (bicyclic) bond motifs is 5. The van der Waals surface area contributed by atoms with E-state index in [0.29, 0.717) is 5.90 Å². The maximum Gasteiger partial charge on any atom is 0.217 e. The summed E-state index contributed by atoms with van der Waals surface area (Å²) in [7, 11) is 0. The van der Waals surface area contributed by atoms with E-state index in [0.717, 1.165) is 50.7 Å². The Morgan fingerprint density at radius 2 is 1.50 bits per heavy atom. The Bertz CT molecular complexity index is 2610. The van der Waals surface area contributed by atoms with Crippen molar-refractivity contribution in [2.24, 2.45) is 4.99 Å². The summed E-state index contributed by atoms with van der Waals surface area (Å²) in [5, 5.41) is 2.47. The molecule has 0 N–H and O–H groups in total. The lowest BCUT2D eigenvalue weighted by molar-refractivity contribution is 0.197. The normalized spacial score (nSPS) is 17.5. The summed E-state index contributed by atoms with van der Waals surface area (Å²) in [6.45, 7) is 18.1. The van der Waals surface area contributed by atoms with Crippen molar-refractivity contribution >= 4 is 27.7 Å². The van der Waals surface area contributed by atoms with E-state index < -0.39 is 0 Å². The van der Waals surface area contributed by atoms with Gasteiger partial charge in [0.25, 0.3) is 0 Å². The Morgan fingerprint density at radius 1 is 0.778 bits per heavy atom. The van der Waals surface area contributed by atoms with Crippen LogP contribution >= 0.6 is 0 Å². The van der Waals surface area contributed by atoms with Crippen molar-refractivity contribution in [1.82, 2.24) is 9.55 Å². The van der Waals surface area contributed by atoms with Gasteiger partial charge in [-0.2, -0.15) is 0 Å². The lowest BCUT2D eigenvalue weighted by Crippen LogP contribution is -2.28. The van der Waals surface area contributed by atoms with Crippen LogP contribution in [0.1, 0.15) is 111 Å². The molecule has 2 aliphatic rings. The summed E-state index contributed by atoms with van der Waals surface area (Å²) < 4.78 is 16.1. The van der Waals surface area contributed by atoms with Crippen LogP contribution in [0.2, 0.25) is 0 Å². The fraction of sp³-hybridized carbons (Fsp3) is 0.265. The first kappa shape index (κ1) is 34.1. The van der Waals surface area contributed by atoms with Gasteiger partial charge in [-0.3, -0.25) is 4.57 Å². The van der Waals surface area contributed by atoms with E-state index in [9.17, 15) is 0 Å². The van der Waals surface area contributed by atoms with E-state index in [2.05, 4.69) is 163 Å². The van der Waals surface area contributed by atoms with Crippen LogP contribution in [-0.2, 0) is 15.6 Å². The molecule has 4 heterocycles. The third-order valence-corrected chi connectivity index (χ3v) is 11.5. The second-order valence-corrected chi connectivity index (χ2v) is 16.9. The van der Waals surface area contributed by atoms with Gasteiger partial charge < -0.3 is 9.47 Å². The highest BCUT2D eigenvalue weighted by molar-refractivity contribution is 6.12. The minimum Gasteiger partial charge on any atom is -0.467 e. The van der Waals surface area contributed by atoms with Gasteiger partial charge >= 0.3 is 0 Å². The largest absolute Gasteiger partial charge is 0.467 e. The molecular formula is C49H47N3O2. The first-order chi connectivity index (χ1) is 25.9. The molecule has 0 unspecified atom stereocenters. The maximum absolute atomic E-state index is 6.94. The average molecular weight is 710 g/mol. The fourth-order valence-corrected chi connectivity index (χ4v) is 8.34. The van der Waals surface area contributed by atoms with E-state index in [1.165, 1.54) is 33.0 Å². The van der Waals surface area contributed by atoms with Gasteiger partial charge in [0, 0.05) is 39.6 Å². The van der Waals surface area contributed by atoms with Gasteiger partial charge in [-0.1, -0.05) is 121 Å². The van der Waals surface area contributed by atoms with E-state index in [4.69, 9.17) is 19.5 Å². The molecule has 54 heavy (non-hydrogen) atoms. The molecule has 0 saturated heterocycles. The lowest BCUT2D eigenvalue weighted by Gasteiger charge is -2.35. The number of pyridine rings is 1. The van der Waals surface area contributed by atoms with E-state index in [-0.39, 0.29) is 28.9 Å². The molecule has 0 fully saturated rings. The molecule has 2 aromatic heterocycles. The zero-order valence-electron chi connectivity index (χ0n) is 32.4. The Labute approximate surface area is 318 Å². The number of aryl methyl sites for hydroxylation is 1. The minimum atomic E-state index is -0.231. The molecule has 5 nitrogen and oxygen atoms in total. The summed E-state index contributed by atoms with van der Waals surface area (Å²) in [6.07, 6.45) is 1.68. The van der Waals surface area contributed by atoms with Gasteiger partial charge in [0.2, 0.25) is 5.90 Å². The van der Waals surface area contributed by atoms with Gasteiger partial charge in [0.15, 0.2) is 6.10 Å². The van der Waals surface area contributed by atoms with Gasteiger partial charge in [-0.05, 0) is 88.0 Å². The number of ether oxygens (including phenoxy) is 2. The number of rotatable bonds is 6. The molecule has 7 aromatic rings. The second kappa shape index (κ2) is 12.4. The number of benzene rings is 5. The highest BCUT2D eigenvalue weighted by Crippen LogP contribution is 2.49. The molecule has 0 saturated carbocycles. The standard InChI is InChI=1S/C49H47N3O2/c1-29(2)33-23-34(47-51-43(31-16-11-9-12-17-31)45(54-47)32-18-13-10-14-19-32)25-36(24-33)53-42-28-41-37(22-30(42)3)38-26-35(48(4,5)6)27-40-44(38)52(41)46-39(49(40,7)8)20-15-21-50-46/h9-29,43,45H,1-8H3/t43-,45-/m1/s1. The van der Waals surface area contributed by atoms with Crippen LogP contribution in [0.5, 0.6) is 11.5 Å². The third-order valence-electron chi connectivity index (χ3n) is 11.5. The molecule has 0 amide bonds. The molecule has 9 rings (SSSR count). The Balaban J connectivity index is 1.18. The molecule has 0 radical (unpaired) electrons. The molecule has 5 aromatic carbocycles. The summed E-state index contributed by atoms with van der Waals surface area (Å²) in [4.78, 5) is 10.2. The summed E-state index contributed by atoms with van der Waals surface area (Å²) in [5.41, 5.74) is 11.4. The van der Waals surface area contributed by atoms with Crippen LogP contribution in [-0.4, -0.2) is 15.4 Å². The predicted molar refractivity (Wildman–Crippen MR) is 221 cm³/mol. The summed E-state index contributed by atoms with van der Waals surface area (Å²) >= 11 is 0. The number of aliphatic imine (C=N–C) groups is 1. The number of hydrogen-bond acceptors (Lipinski definition) is 4. The number of aromatic nitrogens is 2. The van der Waals surface area contributed by atoms with E-state index in [1.807, 2.05) is 18.3 Å². The molecule has 2 aliphatic heterocycles. The van der Waals surface area contributed by atoms with E-state index in [1.54, 1.807) is 0 Å². The van der Waals surface area contributed by atoms with Crippen molar-refractivity contribution in [3.63, 3.8) is 0 Å². The van der Waals surface area contributed by atoms with Crippen LogP contribution in [0, 0.1) is 6.92 Å². The molecule has 0 spiro atoms. The van der Waals surface area contributed by atoms with Gasteiger partial charge in [-0.25, -0.2) is 9.98 Å². The fourth-order valence-electron chi connectivity index (χ4n) is 8.34. The topological polar surface area (TPSA) is 48.6 Å². The molecule has 0 bridgehead atoms. The molecule has 270 valence electrons. The van der Waals surface area contributed by atoms with Crippen molar-refractivity contribution in [2.75, 3.05) is 0 Å². The van der Waals surface area contributed by atoms with Crippen LogP contribution < -0.4 is 4.74 Å². The Kier molecular flexibility index (Phi) is 7.86. The summed E-state index contributed by atoms with van der Waals surface area (Å²) in [6, 6.07) is 40.7. The molecule has 0 aliphatic carbocycles. The maximum atomic E-state index is 6.94. The van der Waals surface area contributed by atoms with Crippen molar-refractivity contribution < 1.29 is 9.47 Å². The van der Waals surface area contributed by atoms with Crippen LogP contribution in [0.25, 0.3) is 27.6 Å². The number of nitrogens with zero attached hydrogens (tertiary/aromatic N) is 3. The molecular weight excluding hydrogens is 663 g/mol.